The fourth-order valence-electron chi connectivity index (χ4n) is 3.30. The third-order valence-electron chi connectivity index (χ3n) is 4.75. The first-order chi connectivity index (χ1) is 8.29. The molecule has 0 aliphatic carbocycles. The maximum Gasteiger partial charge on any atom is 0.152 e. The van der Waals surface area contributed by atoms with Crippen LogP contribution in [0.4, 0.5) is 0 Å². The lowest BCUT2D eigenvalue weighted by molar-refractivity contribution is 0.0373. The van der Waals surface area contributed by atoms with Crippen molar-refractivity contribution in [2.24, 2.45) is 11.1 Å². The highest BCUT2D eigenvalue weighted by Gasteiger charge is 2.44. The molecule has 106 valence electrons. The molecule has 18 heavy (non-hydrogen) atoms. The van der Waals surface area contributed by atoms with Gasteiger partial charge in [0, 0.05) is 12.1 Å². The first-order valence-electron chi connectivity index (χ1n) is 6.94. The number of sulfone groups is 1. The molecule has 2 fully saturated rings. The lowest BCUT2D eigenvalue weighted by Gasteiger charge is -2.49. The maximum atomic E-state index is 11.9. The van der Waals surface area contributed by atoms with Crippen LogP contribution in [-0.4, -0.2) is 50.0 Å². The van der Waals surface area contributed by atoms with Gasteiger partial charge in [-0.05, 0) is 44.2 Å². The Bertz CT molecular complexity index is 395. The second-order valence-electron chi connectivity index (χ2n) is 6.78. The fraction of sp³-hybridized carbons (Fsp3) is 1.00. The van der Waals surface area contributed by atoms with Gasteiger partial charge in [0.25, 0.3) is 0 Å². The van der Waals surface area contributed by atoms with Crippen molar-refractivity contribution in [3.63, 3.8) is 0 Å². The van der Waals surface area contributed by atoms with Gasteiger partial charge in [0.1, 0.15) is 0 Å². The lowest BCUT2D eigenvalue weighted by Crippen LogP contribution is -2.62. The van der Waals surface area contributed by atoms with Crippen LogP contribution in [0.2, 0.25) is 0 Å². The van der Waals surface area contributed by atoms with E-state index in [-0.39, 0.29) is 11.3 Å². The molecule has 0 amide bonds. The predicted molar refractivity (Wildman–Crippen MR) is 74.3 cm³/mol. The Balaban J connectivity index is 2.13. The number of rotatable bonds is 2. The summed E-state index contributed by atoms with van der Waals surface area (Å²) in [4.78, 5) is 2.36. The van der Waals surface area contributed by atoms with Gasteiger partial charge in [-0.1, -0.05) is 13.8 Å². The van der Waals surface area contributed by atoms with E-state index in [0.29, 0.717) is 17.7 Å². The van der Waals surface area contributed by atoms with Crippen LogP contribution in [0.25, 0.3) is 0 Å². The van der Waals surface area contributed by atoms with E-state index in [2.05, 4.69) is 18.7 Å². The van der Waals surface area contributed by atoms with E-state index >= 15 is 0 Å². The molecule has 0 aromatic carbocycles. The largest absolute Gasteiger partial charge is 0.329 e. The first kappa shape index (κ1) is 14.3. The van der Waals surface area contributed by atoms with Crippen LogP contribution >= 0.6 is 0 Å². The minimum Gasteiger partial charge on any atom is -0.329 e. The molecule has 2 heterocycles. The summed E-state index contributed by atoms with van der Waals surface area (Å²) in [7, 11) is -2.90. The predicted octanol–water partition coefficient (Wildman–Crippen LogP) is 1.01. The van der Waals surface area contributed by atoms with E-state index in [1.54, 1.807) is 0 Å². The summed E-state index contributed by atoms with van der Waals surface area (Å²) in [6.07, 6.45) is 3.96. The van der Waals surface area contributed by atoms with Gasteiger partial charge in [0.15, 0.2) is 9.84 Å². The van der Waals surface area contributed by atoms with Crippen molar-refractivity contribution in [1.82, 2.24) is 4.90 Å². The maximum absolute atomic E-state index is 11.9. The monoisotopic (exact) mass is 274 g/mol. The Morgan fingerprint density at radius 3 is 2.28 bits per heavy atom. The summed E-state index contributed by atoms with van der Waals surface area (Å²) in [5.41, 5.74) is 6.06. The van der Waals surface area contributed by atoms with Crippen LogP contribution in [0.15, 0.2) is 0 Å². The third-order valence-corrected chi connectivity index (χ3v) is 6.64. The molecule has 0 saturated carbocycles. The van der Waals surface area contributed by atoms with Crippen molar-refractivity contribution in [3.8, 4) is 0 Å². The minimum absolute atomic E-state index is 0.261. The van der Waals surface area contributed by atoms with Crippen LogP contribution in [0.1, 0.15) is 39.5 Å². The van der Waals surface area contributed by atoms with Crippen molar-refractivity contribution < 1.29 is 8.42 Å². The first-order valence-corrected chi connectivity index (χ1v) is 8.76. The summed E-state index contributed by atoms with van der Waals surface area (Å²) in [6, 6.07) is 0. The van der Waals surface area contributed by atoms with Crippen molar-refractivity contribution in [1.29, 1.82) is 0 Å². The molecule has 2 aliphatic heterocycles. The SMILES string of the molecule is CC1(C)CCN(C2(CN)CCCS(=O)(=O)C2)CC1. The van der Waals surface area contributed by atoms with Gasteiger partial charge in [-0.3, -0.25) is 4.90 Å². The summed E-state index contributed by atoms with van der Waals surface area (Å²) in [5, 5.41) is 0. The molecule has 2 rings (SSSR count). The van der Waals surface area contributed by atoms with Gasteiger partial charge in [0.05, 0.1) is 11.5 Å². The van der Waals surface area contributed by atoms with Gasteiger partial charge >= 0.3 is 0 Å². The molecule has 0 aromatic rings. The second-order valence-corrected chi connectivity index (χ2v) is 8.96. The van der Waals surface area contributed by atoms with E-state index in [1.807, 2.05) is 0 Å². The third kappa shape index (κ3) is 2.89. The van der Waals surface area contributed by atoms with E-state index in [9.17, 15) is 8.42 Å². The van der Waals surface area contributed by atoms with E-state index < -0.39 is 9.84 Å². The molecule has 2 saturated heterocycles. The Morgan fingerprint density at radius 1 is 1.17 bits per heavy atom. The van der Waals surface area contributed by atoms with Crippen molar-refractivity contribution in [2.75, 3.05) is 31.1 Å². The lowest BCUT2D eigenvalue weighted by atomic mass is 9.80. The van der Waals surface area contributed by atoms with Gasteiger partial charge in [-0.2, -0.15) is 0 Å². The molecule has 2 N–H and O–H groups in total. The van der Waals surface area contributed by atoms with Gasteiger partial charge < -0.3 is 5.73 Å². The normalized spacial score (nSPS) is 36.4. The molecule has 0 radical (unpaired) electrons. The van der Waals surface area contributed by atoms with Crippen LogP contribution < -0.4 is 5.73 Å². The molecule has 2 aliphatic rings. The zero-order valence-corrected chi connectivity index (χ0v) is 12.4. The molecule has 0 bridgehead atoms. The molecular formula is C13H26N2O2S. The highest BCUT2D eigenvalue weighted by Crippen LogP contribution is 2.36. The Labute approximate surface area is 111 Å². The molecular weight excluding hydrogens is 248 g/mol. The number of hydrogen-bond acceptors (Lipinski definition) is 4. The zero-order chi connectivity index (χ0) is 13.4. The Morgan fingerprint density at radius 2 is 1.78 bits per heavy atom. The van der Waals surface area contributed by atoms with Crippen molar-refractivity contribution in [2.45, 2.75) is 45.1 Å². The van der Waals surface area contributed by atoms with E-state index in [4.69, 9.17) is 5.73 Å². The number of nitrogens with two attached hydrogens (primary N) is 1. The standard InChI is InChI=1S/C13H26N2O2S/c1-12(2)5-7-15(8-6-12)13(10-14)4-3-9-18(16,17)11-13/h3-11,14H2,1-2H3. The number of hydrogen-bond donors (Lipinski definition) is 1. The smallest absolute Gasteiger partial charge is 0.152 e. The Hall–Kier alpha value is -0.130. The molecule has 0 aromatic heterocycles. The summed E-state index contributed by atoms with van der Waals surface area (Å²) in [6.45, 7) is 7.01. The molecule has 1 unspecified atom stereocenters. The minimum atomic E-state index is -2.90. The average molecular weight is 274 g/mol. The zero-order valence-electron chi connectivity index (χ0n) is 11.6. The summed E-state index contributed by atoms with van der Waals surface area (Å²) >= 11 is 0. The van der Waals surface area contributed by atoms with E-state index in [0.717, 1.165) is 38.8 Å². The number of likely N-dealkylation sites (tertiary alicyclic amines) is 1. The van der Waals surface area contributed by atoms with E-state index in [1.165, 1.54) is 0 Å². The fourth-order valence-corrected chi connectivity index (χ4v) is 5.29. The number of nitrogens with zero attached hydrogens (tertiary/aromatic N) is 1. The van der Waals surface area contributed by atoms with Gasteiger partial charge in [0.2, 0.25) is 0 Å². The van der Waals surface area contributed by atoms with Crippen LogP contribution in [0.3, 0.4) is 0 Å². The average Bonchev–Trinajstić information content (AvgIpc) is 2.27. The highest BCUT2D eigenvalue weighted by molar-refractivity contribution is 7.91. The number of piperidine rings is 1. The molecule has 5 heteroatoms. The molecule has 0 spiro atoms. The summed E-state index contributed by atoms with van der Waals surface area (Å²) in [5.74, 6) is 0.602. The van der Waals surface area contributed by atoms with Gasteiger partial charge in [-0.15, -0.1) is 0 Å². The Kier molecular flexibility index (Phi) is 3.78. The van der Waals surface area contributed by atoms with Gasteiger partial charge in [-0.25, -0.2) is 8.42 Å². The molecule has 1 atom stereocenters. The quantitative estimate of drug-likeness (QED) is 0.816. The second kappa shape index (κ2) is 4.76. The molecule has 4 nitrogen and oxygen atoms in total. The van der Waals surface area contributed by atoms with Crippen LogP contribution in [-0.2, 0) is 9.84 Å². The van der Waals surface area contributed by atoms with Crippen molar-refractivity contribution >= 4 is 9.84 Å². The van der Waals surface area contributed by atoms with Crippen LogP contribution in [0, 0.1) is 5.41 Å². The highest BCUT2D eigenvalue weighted by atomic mass is 32.2. The van der Waals surface area contributed by atoms with Crippen molar-refractivity contribution in [3.05, 3.63) is 0 Å². The van der Waals surface area contributed by atoms with Crippen LogP contribution in [0.5, 0.6) is 0 Å². The topological polar surface area (TPSA) is 63.4 Å². The summed E-state index contributed by atoms with van der Waals surface area (Å²) < 4.78 is 23.8.